The molecule has 0 fully saturated rings. The zero-order valence-corrected chi connectivity index (χ0v) is 17.9. The van der Waals surface area contributed by atoms with Gasteiger partial charge in [-0.25, -0.2) is 4.79 Å². The van der Waals surface area contributed by atoms with Crippen molar-refractivity contribution in [1.29, 1.82) is 0 Å². The highest BCUT2D eigenvalue weighted by atomic mass is 35.5. The van der Waals surface area contributed by atoms with E-state index in [9.17, 15) is 9.59 Å². The minimum atomic E-state index is -0.625. The molecule has 6 heteroatoms. The highest BCUT2D eigenvalue weighted by Gasteiger charge is 2.21. The van der Waals surface area contributed by atoms with Gasteiger partial charge in [-0.3, -0.25) is 0 Å². The van der Waals surface area contributed by atoms with E-state index < -0.39 is 12.1 Å². The van der Waals surface area contributed by atoms with Crippen LogP contribution in [0.25, 0.3) is 11.1 Å². The normalized spacial score (nSPS) is 11.6. The van der Waals surface area contributed by atoms with Crippen molar-refractivity contribution in [2.75, 3.05) is 7.05 Å². The van der Waals surface area contributed by atoms with Crippen molar-refractivity contribution in [3.63, 3.8) is 0 Å². The summed E-state index contributed by atoms with van der Waals surface area (Å²) in [5.41, 5.74) is 3.68. The maximum Gasteiger partial charge on any atom is 0.410 e. The molecule has 0 spiro atoms. The molecule has 0 aromatic heterocycles. The molecule has 0 aliphatic rings. The molecule has 0 aliphatic heterocycles. The van der Waals surface area contributed by atoms with Crippen LogP contribution in [0, 0.1) is 0 Å². The summed E-state index contributed by atoms with van der Waals surface area (Å²) in [5.74, 6) is 0. The zero-order chi connectivity index (χ0) is 21.5. The summed E-state index contributed by atoms with van der Waals surface area (Å²) in [6.07, 6.45) is 0.604. The standard InChI is InChI=1S/C24H21Cl2NO3/c1-27(24(29)30-16-18-5-3-2-4-6-18)23(15-28)11-17-7-9-19(10-8-17)20-12-21(25)14-22(26)13-20/h2-10,12-15,23H,11,16H2,1H3/t23-/m1/s1. The minimum absolute atomic E-state index is 0.159. The number of ether oxygens (including phenoxy) is 1. The number of rotatable bonds is 7. The van der Waals surface area contributed by atoms with Crippen LogP contribution in [0.4, 0.5) is 4.79 Å². The van der Waals surface area contributed by atoms with Crippen molar-refractivity contribution in [2.45, 2.75) is 19.1 Å². The van der Waals surface area contributed by atoms with Crippen LogP contribution in [0.1, 0.15) is 11.1 Å². The van der Waals surface area contributed by atoms with Gasteiger partial charge in [0.05, 0.1) is 6.04 Å². The lowest BCUT2D eigenvalue weighted by Crippen LogP contribution is -2.39. The second kappa shape index (κ2) is 10.3. The summed E-state index contributed by atoms with van der Waals surface area (Å²) in [4.78, 5) is 25.3. The van der Waals surface area contributed by atoms with Crippen molar-refractivity contribution in [3.8, 4) is 11.1 Å². The summed E-state index contributed by atoms with van der Waals surface area (Å²) < 4.78 is 5.31. The second-order valence-corrected chi connectivity index (χ2v) is 7.79. The predicted molar refractivity (Wildman–Crippen MR) is 120 cm³/mol. The Balaban J connectivity index is 1.63. The molecular weight excluding hydrogens is 421 g/mol. The summed E-state index contributed by atoms with van der Waals surface area (Å²) in [6.45, 7) is 0.159. The quantitative estimate of drug-likeness (QED) is 0.419. The summed E-state index contributed by atoms with van der Waals surface area (Å²) >= 11 is 12.2. The Bertz CT molecular complexity index is 986. The lowest BCUT2D eigenvalue weighted by molar-refractivity contribution is -0.111. The van der Waals surface area contributed by atoms with Gasteiger partial charge in [-0.15, -0.1) is 0 Å². The van der Waals surface area contributed by atoms with Crippen LogP contribution in [0.2, 0.25) is 10.0 Å². The molecule has 0 bridgehead atoms. The average Bonchev–Trinajstić information content (AvgIpc) is 2.75. The first-order valence-corrected chi connectivity index (χ1v) is 10.2. The molecule has 1 amide bonds. The molecule has 1 atom stereocenters. The van der Waals surface area contributed by atoms with Gasteiger partial charge in [-0.1, -0.05) is 77.8 Å². The molecule has 3 aromatic carbocycles. The van der Waals surface area contributed by atoms with Crippen molar-refractivity contribution in [3.05, 3.63) is 94.0 Å². The van der Waals surface area contributed by atoms with Gasteiger partial charge in [0.25, 0.3) is 0 Å². The number of aldehydes is 1. The highest BCUT2D eigenvalue weighted by molar-refractivity contribution is 6.35. The molecule has 30 heavy (non-hydrogen) atoms. The van der Waals surface area contributed by atoms with Crippen LogP contribution in [0.3, 0.4) is 0 Å². The first-order chi connectivity index (χ1) is 14.5. The van der Waals surface area contributed by atoms with E-state index in [1.54, 1.807) is 13.1 Å². The number of benzene rings is 3. The lowest BCUT2D eigenvalue weighted by atomic mass is 10.0. The van der Waals surface area contributed by atoms with E-state index in [1.807, 2.05) is 66.7 Å². The van der Waals surface area contributed by atoms with Crippen LogP contribution >= 0.6 is 23.2 Å². The van der Waals surface area contributed by atoms with Crippen LogP contribution in [-0.2, 0) is 22.6 Å². The third-order valence-electron chi connectivity index (χ3n) is 4.74. The van der Waals surface area contributed by atoms with Gasteiger partial charge in [-0.05, 0) is 46.9 Å². The Morgan fingerprint density at radius 3 is 2.17 bits per heavy atom. The van der Waals surface area contributed by atoms with E-state index in [0.717, 1.165) is 28.5 Å². The van der Waals surface area contributed by atoms with E-state index in [0.29, 0.717) is 16.5 Å². The summed E-state index contributed by atoms with van der Waals surface area (Å²) in [5, 5.41) is 1.14. The largest absolute Gasteiger partial charge is 0.445 e. The average molecular weight is 442 g/mol. The van der Waals surface area contributed by atoms with Crippen molar-refractivity contribution >= 4 is 35.6 Å². The zero-order valence-electron chi connectivity index (χ0n) is 16.4. The predicted octanol–water partition coefficient (Wildman–Crippen LogP) is 6.04. The summed E-state index contributed by atoms with van der Waals surface area (Å²) in [7, 11) is 1.56. The third-order valence-corrected chi connectivity index (χ3v) is 5.18. The topological polar surface area (TPSA) is 46.6 Å². The van der Waals surface area contributed by atoms with Crippen LogP contribution in [-0.4, -0.2) is 30.4 Å². The Kier molecular flexibility index (Phi) is 7.50. The first-order valence-electron chi connectivity index (χ1n) is 9.40. The van der Waals surface area contributed by atoms with Gasteiger partial charge < -0.3 is 14.4 Å². The van der Waals surface area contributed by atoms with Crippen molar-refractivity contribution < 1.29 is 14.3 Å². The number of amides is 1. The fraction of sp³-hybridized carbons (Fsp3) is 0.167. The number of hydrogen-bond donors (Lipinski definition) is 0. The molecular formula is C24H21Cl2NO3. The van der Waals surface area contributed by atoms with E-state index in [-0.39, 0.29) is 6.61 Å². The van der Waals surface area contributed by atoms with Gasteiger partial charge in [0, 0.05) is 17.1 Å². The highest BCUT2D eigenvalue weighted by Crippen LogP contribution is 2.27. The van der Waals surface area contributed by atoms with Crippen molar-refractivity contribution in [1.82, 2.24) is 4.90 Å². The molecule has 4 nitrogen and oxygen atoms in total. The third kappa shape index (κ3) is 5.85. The number of hydrogen-bond acceptors (Lipinski definition) is 3. The smallest absolute Gasteiger partial charge is 0.410 e. The van der Waals surface area contributed by atoms with Gasteiger partial charge in [0.2, 0.25) is 0 Å². The van der Waals surface area contributed by atoms with Crippen LogP contribution in [0.5, 0.6) is 0 Å². The number of nitrogens with zero attached hydrogens (tertiary/aromatic N) is 1. The van der Waals surface area contributed by atoms with E-state index in [2.05, 4.69) is 0 Å². The Labute approximate surface area is 186 Å². The Hall–Kier alpha value is -2.82. The van der Waals surface area contributed by atoms with E-state index in [4.69, 9.17) is 27.9 Å². The first kappa shape index (κ1) is 21.9. The van der Waals surface area contributed by atoms with Gasteiger partial charge >= 0.3 is 6.09 Å². The van der Waals surface area contributed by atoms with Gasteiger partial charge in [0.1, 0.15) is 12.9 Å². The SMILES string of the molecule is CN(C(=O)OCc1ccccc1)[C@@H](C=O)Cc1ccc(-c2cc(Cl)cc(Cl)c2)cc1. The molecule has 3 aromatic rings. The van der Waals surface area contributed by atoms with Crippen molar-refractivity contribution in [2.24, 2.45) is 0 Å². The molecule has 0 radical (unpaired) electrons. The van der Waals surface area contributed by atoms with Gasteiger partial charge in [0.15, 0.2) is 0 Å². The number of likely N-dealkylation sites (N-methyl/N-ethyl adjacent to an activating group) is 1. The monoisotopic (exact) mass is 441 g/mol. The maximum atomic E-state index is 12.3. The Morgan fingerprint density at radius 1 is 0.933 bits per heavy atom. The lowest BCUT2D eigenvalue weighted by Gasteiger charge is -2.23. The molecule has 0 aliphatic carbocycles. The molecule has 0 N–H and O–H groups in total. The maximum absolute atomic E-state index is 12.3. The molecule has 3 rings (SSSR count). The van der Waals surface area contributed by atoms with Crippen LogP contribution < -0.4 is 0 Å². The molecule has 0 saturated carbocycles. The second-order valence-electron chi connectivity index (χ2n) is 6.91. The molecule has 0 unspecified atom stereocenters. The van der Waals surface area contributed by atoms with E-state index in [1.165, 1.54) is 4.90 Å². The van der Waals surface area contributed by atoms with E-state index >= 15 is 0 Å². The van der Waals surface area contributed by atoms with Crippen LogP contribution in [0.15, 0.2) is 72.8 Å². The fourth-order valence-corrected chi connectivity index (χ4v) is 3.55. The minimum Gasteiger partial charge on any atom is -0.445 e. The molecule has 0 saturated heterocycles. The number of halogens is 2. The van der Waals surface area contributed by atoms with Gasteiger partial charge in [-0.2, -0.15) is 0 Å². The Morgan fingerprint density at radius 2 is 1.57 bits per heavy atom. The number of carbonyl (C=O) groups is 2. The fourth-order valence-electron chi connectivity index (χ4n) is 3.03. The molecule has 154 valence electrons. The summed E-state index contributed by atoms with van der Waals surface area (Å²) in [6, 6.07) is 21.9. The number of carbonyl (C=O) groups excluding carboxylic acids is 2. The molecule has 0 heterocycles.